The van der Waals surface area contributed by atoms with Gasteiger partial charge >= 0.3 is 0 Å². The van der Waals surface area contributed by atoms with E-state index in [1.807, 2.05) is 53.9 Å². The third kappa shape index (κ3) is 3.85. The highest BCUT2D eigenvalue weighted by atomic mass is 127. The molecule has 1 N–H and O–H groups in total. The summed E-state index contributed by atoms with van der Waals surface area (Å²) in [6.45, 7) is 0. The number of nitrogens with one attached hydrogen (secondary N) is 1. The summed E-state index contributed by atoms with van der Waals surface area (Å²) in [6, 6.07) is 15.7. The molecule has 1 aromatic heterocycles. The standard InChI is InChI=1S/C16H11ClIN3S/c17-13-7-5-11(6-8-13)15-10-22-16(20-15)21-19-9-12-3-1-2-4-14(12)18/h1-10H,(H,20,21)/b19-9-. The summed E-state index contributed by atoms with van der Waals surface area (Å²) >= 11 is 9.70. The van der Waals surface area contributed by atoms with Gasteiger partial charge in [0, 0.05) is 25.1 Å². The molecule has 0 saturated carbocycles. The minimum atomic E-state index is 0.722. The predicted octanol–water partition coefficient (Wildman–Crippen LogP) is 5.51. The highest BCUT2D eigenvalue weighted by Gasteiger charge is 2.03. The lowest BCUT2D eigenvalue weighted by molar-refractivity contribution is 1.29. The molecule has 6 heteroatoms. The molecule has 1 heterocycles. The Bertz CT molecular complexity index is 799. The molecule has 0 radical (unpaired) electrons. The van der Waals surface area contributed by atoms with Gasteiger partial charge in [-0.25, -0.2) is 4.98 Å². The van der Waals surface area contributed by atoms with Crippen LogP contribution in [0, 0.1) is 3.57 Å². The molecule has 3 aromatic rings. The van der Waals surface area contributed by atoms with Gasteiger partial charge in [-0.3, -0.25) is 5.43 Å². The van der Waals surface area contributed by atoms with Crippen LogP contribution in [-0.2, 0) is 0 Å². The van der Waals surface area contributed by atoms with E-state index in [4.69, 9.17) is 11.6 Å². The number of rotatable bonds is 4. The molecular formula is C16H11ClIN3S. The monoisotopic (exact) mass is 439 g/mol. The first-order chi connectivity index (χ1) is 10.7. The van der Waals surface area contributed by atoms with Gasteiger partial charge < -0.3 is 0 Å². The van der Waals surface area contributed by atoms with Crippen molar-refractivity contribution < 1.29 is 0 Å². The van der Waals surface area contributed by atoms with E-state index in [1.54, 1.807) is 6.21 Å². The van der Waals surface area contributed by atoms with Crippen LogP contribution in [0.3, 0.4) is 0 Å². The van der Waals surface area contributed by atoms with E-state index in [0.717, 1.165) is 30.5 Å². The van der Waals surface area contributed by atoms with Gasteiger partial charge in [-0.2, -0.15) is 5.10 Å². The van der Waals surface area contributed by atoms with Crippen molar-refractivity contribution in [3.63, 3.8) is 0 Å². The van der Waals surface area contributed by atoms with Crippen molar-refractivity contribution in [2.75, 3.05) is 5.43 Å². The van der Waals surface area contributed by atoms with Gasteiger partial charge in [0.2, 0.25) is 5.13 Å². The molecule has 2 aromatic carbocycles. The minimum absolute atomic E-state index is 0.722. The van der Waals surface area contributed by atoms with Crippen molar-refractivity contribution in [1.82, 2.24) is 4.98 Å². The van der Waals surface area contributed by atoms with Crippen molar-refractivity contribution in [2.45, 2.75) is 0 Å². The molecule has 0 atom stereocenters. The van der Waals surface area contributed by atoms with E-state index in [9.17, 15) is 0 Å². The van der Waals surface area contributed by atoms with Crippen molar-refractivity contribution >= 4 is 56.9 Å². The molecule has 3 rings (SSSR count). The number of benzene rings is 2. The van der Waals surface area contributed by atoms with E-state index in [0.29, 0.717) is 0 Å². The minimum Gasteiger partial charge on any atom is -0.253 e. The Morgan fingerprint density at radius 3 is 2.68 bits per heavy atom. The Morgan fingerprint density at radius 2 is 1.91 bits per heavy atom. The number of thiazole rings is 1. The number of nitrogens with zero attached hydrogens (tertiary/aromatic N) is 2. The smallest absolute Gasteiger partial charge is 0.203 e. The molecule has 0 saturated heterocycles. The number of anilines is 1. The number of hydrazone groups is 1. The fourth-order valence-electron chi connectivity index (χ4n) is 1.82. The largest absolute Gasteiger partial charge is 0.253 e. The maximum Gasteiger partial charge on any atom is 0.203 e. The topological polar surface area (TPSA) is 37.3 Å². The fourth-order valence-corrected chi connectivity index (χ4v) is 3.14. The Hall–Kier alpha value is -1.44. The predicted molar refractivity (Wildman–Crippen MR) is 103 cm³/mol. The Labute approximate surface area is 151 Å². The van der Waals surface area contributed by atoms with Crippen LogP contribution >= 0.6 is 45.5 Å². The van der Waals surface area contributed by atoms with E-state index < -0.39 is 0 Å². The molecule has 22 heavy (non-hydrogen) atoms. The van der Waals surface area contributed by atoms with E-state index in [-0.39, 0.29) is 0 Å². The Morgan fingerprint density at radius 1 is 1.14 bits per heavy atom. The normalized spacial score (nSPS) is 11.0. The second kappa shape index (κ2) is 7.21. The molecule has 0 aliphatic rings. The first kappa shape index (κ1) is 15.5. The average Bonchev–Trinajstić information content (AvgIpc) is 2.99. The van der Waals surface area contributed by atoms with E-state index in [2.05, 4.69) is 38.1 Å². The maximum absolute atomic E-state index is 5.89. The maximum atomic E-state index is 5.89. The van der Waals surface area contributed by atoms with Crippen molar-refractivity contribution in [2.24, 2.45) is 5.10 Å². The summed E-state index contributed by atoms with van der Waals surface area (Å²) in [5, 5.41) is 7.71. The second-order valence-corrected chi connectivity index (χ2v) is 6.89. The van der Waals surface area contributed by atoms with Crippen molar-refractivity contribution in [1.29, 1.82) is 0 Å². The van der Waals surface area contributed by atoms with Crippen molar-refractivity contribution in [3.8, 4) is 11.3 Å². The van der Waals surface area contributed by atoms with Crippen LogP contribution in [-0.4, -0.2) is 11.2 Å². The highest BCUT2D eigenvalue weighted by molar-refractivity contribution is 14.1. The SMILES string of the molecule is Clc1ccc(-c2csc(N/N=C\c3ccccc3I)n2)cc1. The Kier molecular flexibility index (Phi) is 5.07. The summed E-state index contributed by atoms with van der Waals surface area (Å²) in [5.74, 6) is 0. The highest BCUT2D eigenvalue weighted by Crippen LogP contribution is 2.25. The Balaban J connectivity index is 1.70. The molecule has 0 spiro atoms. The molecule has 0 unspecified atom stereocenters. The van der Waals surface area contributed by atoms with Crippen molar-refractivity contribution in [3.05, 3.63) is 68.1 Å². The third-order valence-electron chi connectivity index (χ3n) is 2.91. The van der Waals surface area contributed by atoms with Crippen LogP contribution in [0.1, 0.15) is 5.56 Å². The number of hydrogen-bond acceptors (Lipinski definition) is 4. The summed E-state index contributed by atoms with van der Waals surface area (Å²) in [5.41, 5.74) is 5.99. The zero-order valence-electron chi connectivity index (χ0n) is 11.3. The summed E-state index contributed by atoms with van der Waals surface area (Å²) in [4.78, 5) is 4.51. The first-order valence-corrected chi connectivity index (χ1v) is 8.81. The first-order valence-electron chi connectivity index (χ1n) is 6.47. The molecule has 0 aliphatic carbocycles. The van der Waals surface area contributed by atoms with Gasteiger partial charge in [-0.1, -0.05) is 41.9 Å². The number of hydrogen-bond donors (Lipinski definition) is 1. The van der Waals surface area contributed by atoms with Gasteiger partial charge in [-0.15, -0.1) is 11.3 Å². The quantitative estimate of drug-likeness (QED) is 0.330. The van der Waals surface area contributed by atoms with Crippen LogP contribution in [0.4, 0.5) is 5.13 Å². The van der Waals surface area contributed by atoms with Gasteiger partial charge in [0.05, 0.1) is 11.9 Å². The fraction of sp³-hybridized carbons (Fsp3) is 0. The lowest BCUT2D eigenvalue weighted by Crippen LogP contribution is -1.91. The summed E-state index contributed by atoms with van der Waals surface area (Å²) in [6.07, 6.45) is 1.80. The van der Waals surface area contributed by atoms with Gasteiger partial charge in [0.15, 0.2) is 0 Å². The molecule has 0 amide bonds. The molecule has 0 bridgehead atoms. The van der Waals surface area contributed by atoms with E-state index in [1.165, 1.54) is 11.3 Å². The van der Waals surface area contributed by atoms with Crippen LogP contribution in [0.25, 0.3) is 11.3 Å². The zero-order chi connectivity index (χ0) is 15.4. The average molecular weight is 440 g/mol. The lowest BCUT2D eigenvalue weighted by atomic mass is 10.2. The third-order valence-corrected chi connectivity index (χ3v) is 4.89. The molecule has 110 valence electrons. The van der Waals surface area contributed by atoms with Crippen LogP contribution in [0.2, 0.25) is 5.02 Å². The van der Waals surface area contributed by atoms with E-state index >= 15 is 0 Å². The molecule has 0 aliphatic heterocycles. The van der Waals surface area contributed by atoms with Crippen LogP contribution in [0.15, 0.2) is 59.0 Å². The number of halogens is 2. The summed E-state index contributed by atoms with van der Waals surface area (Å²) < 4.78 is 1.16. The zero-order valence-corrected chi connectivity index (χ0v) is 15.1. The van der Waals surface area contributed by atoms with Gasteiger partial charge in [-0.05, 0) is 40.8 Å². The molecular weight excluding hydrogens is 429 g/mol. The number of aromatic nitrogens is 1. The van der Waals surface area contributed by atoms with Crippen LogP contribution < -0.4 is 5.43 Å². The van der Waals surface area contributed by atoms with Gasteiger partial charge in [0.1, 0.15) is 0 Å². The molecule has 0 fully saturated rings. The lowest BCUT2D eigenvalue weighted by Gasteiger charge is -1.97. The summed E-state index contributed by atoms with van der Waals surface area (Å²) in [7, 11) is 0. The second-order valence-electron chi connectivity index (χ2n) is 4.44. The van der Waals surface area contributed by atoms with Gasteiger partial charge in [0.25, 0.3) is 0 Å². The molecule has 3 nitrogen and oxygen atoms in total. The van der Waals surface area contributed by atoms with Crippen LogP contribution in [0.5, 0.6) is 0 Å².